The van der Waals surface area contributed by atoms with E-state index in [1.807, 2.05) is 13.0 Å². The van der Waals surface area contributed by atoms with Gasteiger partial charge in [0.05, 0.1) is 17.2 Å². The summed E-state index contributed by atoms with van der Waals surface area (Å²) in [6, 6.07) is 0. The Morgan fingerprint density at radius 3 is 2.08 bits per heavy atom. The van der Waals surface area contributed by atoms with Crippen LogP contribution in [0, 0.1) is 22.7 Å². The average Bonchev–Trinajstić information content (AvgIpc) is 2.52. The molecule has 6 atom stereocenters. The lowest BCUT2D eigenvalue weighted by molar-refractivity contribution is -0.202. The second-order valence-corrected chi connectivity index (χ2v) is 8.46. The molecule has 2 N–H and O–H groups in total. The standard InChI is InChI=1S/C18H22Cl2O4/c1-9-5-16(4)14(22)17(23,7-19)11(9)12-15(16,3)6-10(2)13(21)18(12,24)8-20/h5-6,11-12,23-24H,7-8H2,1-4H3. The summed E-state index contributed by atoms with van der Waals surface area (Å²) in [5, 5.41) is 22.3. The summed E-state index contributed by atoms with van der Waals surface area (Å²) in [7, 11) is 0. The predicted molar refractivity (Wildman–Crippen MR) is 92.1 cm³/mol. The molecular weight excluding hydrogens is 351 g/mol. The van der Waals surface area contributed by atoms with E-state index in [0.29, 0.717) is 5.57 Å². The van der Waals surface area contributed by atoms with Crippen LogP contribution < -0.4 is 0 Å². The minimum Gasteiger partial charge on any atom is -0.380 e. The first-order valence-corrected chi connectivity index (χ1v) is 9.06. The number of hydrogen-bond donors (Lipinski definition) is 2. The van der Waals surface area contributed by atoms with E-state index in [2.05, 4.69) is 0 Å². The number of alkyl halides is 2. The van der Waals surface area contributed by atoms with E-state index < -0.39 is 39.7 Å². The molecule has 1 fully saturated rings. The van der Waals surface area contributed by atoms with Crippen molar-refractivity contribution in [2.75, 3.05) is 11.8 Å². The van der Waals surface area contributed by atoms with Crippen molar-refractivity contribution in [3.8, 4) is 0 Å². The number of ketones is 2. The molecule has 0 aromatic carbocycles. The van der Waals surface area contributed by atoms with E-state index in [1.54, 1.807) is 26.8 Å². The zero-order chi connectivity index (χ0) is 18.3. The summed E-state index contributed by atoms with van der Waals surface area (Å²) in [4.78, 5) is 25.9. The molecule has 24 heavy (non-hydrogen) atoms. The van der Waals surface area contributed by atoms with Gasteiger partial charge in [-0.1, -0.05) is 24.6 Å². The third-order valence-electron chi connectivity index (χ3n) is 6.67. The Morgan fingerprint density at radius 1 is 1.04 bits per heavy atom. The Kier molecular flexibility index (Phi) is 3.73. The quantitative estimate of drug-likeness (QED) is 0.575. The summed E-state index contributed by atoms with van der Waals surface area (Å²) in [6.07, 6.45) is 3.62. The summed E-state index contributed by atoms with van der Waals surface area (Å²) < 4.78 is 0. The maximum absolute atomic E-state index is 13.1. The van der Waals surface area contributed by atoms with Crippen LogP contribution in [0.2, 0.25) is 0 Å². The van der Waals surface area contributed by atoms with Gasteiger partial charge in [0, 0.05) is 17.3 Å². The van der Waals surface area contributed by atoms with Crippen LogP contribution in [0.4, 0.5) is 0 Å². The van der Waals surface area contributed by atoms with Crippen molar-refractivity contribution in [3.63, 3.8) is 0 Å². The van der Waals surface area contributed by atoms with Crippen molar-refractivity contribution >= 4 is 34.8 Å². The van der Waals surface area contributed by atoms with Crippen LogP contribution in [0.25, 0.3) is 0 Å². The van der Waals surface area contributed by atoms with Gasteiger partial charge in [-0.15, -0.1) is 23.2 Å². The molecule has 0 saturated heterocycles. The van der Waals surface area contributed by atoms with Crippen LogP contribution in [-0.4, -0.2) is 44.7 Å². The van der Waals surface area contributed by atoms with E-state index >= 15 is 0 Å². The molecule has 0 radical (unpaired) electrons. The molecule has 0 aliphatic heterocycles. The van der Waals surface area contributed by atoms with Crippen LogP contribution >= 0.6 is 23.2 Å². The van der Waals surface area contributed by atoms with Crippen LogP contribution in [0.1, 0.15) is 27.7 Å². The fourth-order valence-corrected chi connectivity index (χ4v) is 6.06. The maximum atomic E-state index is 13.1. The number of allylic oxidation sites excluding steroid dienone is 2. The summed E-state index contributed by atoms with van der Waals surface area (Å²) in [6.45, 7) is 7.03. The second kappa shape index (κ2) is 4.94. The first-order chi connectivity index (χ1) is 10.9. The monoisotopic (exact) mass is 372 g/mol. The smallest absolute Gasteiger partial charge is 0.191 e. The minimum atomic E-state index is -1.85. The molecule has 4 aliphatic rings. The third-order valence-corrected chi connectivity index (χ3v) is 7.49. The number of fused-ring (bicyclic) bond motifs is 1. The fourth-order valence-electron chi connectivity index (χ4n) is 5.48. The lowest BCUT2D eigenvalue weighted by atomic mass is 9.37. The zero-order valence-corrected chi connectivity index (χ0v) is 15.7. The van der Waals surface area contributed by atoms with Gasteiger partial charge >= 0.3 is 0 Å². The predicted octanol–water partition coefficient (Wildman–Crippen LogP) is 2.24. The largest absolute Gasteiger partial charge is 0.380 e. The zero-order valence-electron chi connectivity index (χ0n) is 14.2. The van der Waals surface area contributed by atoms with Crippen LogP contribution in [0.3, 0.4) is 0 Å². The summed E-state index contributed by atoms with van der Waals surface area (Å²) >= 11 is 12.1. The van der Waals surface area contributed by atoms with E-state index in [9.17, 15) is 19.8 Å². The number of rotatable bonds is 2. The van der Waals surface area contributed by atoms with Gasteiger partial charge in [0.25, 0.3) is 0 Å². The highest BCUT2D eigenvalue weighted by molar-refractivity contribution is 6.23. The van der Waals surface area contributed by atoms with Crippen LogP contribution in [0.15, 0.2) is 23.3 Å². The van der Waals surface area contributed by atoms with Crippen molar-refractivity contribution in [2.24, 2.45) is 22.7 Å². The lowest BCUT2D eigenvalue weighted by Gasteiger charge is -2.66. The Hall–Kier alpha value is -0.680. The SMILES string of the molecule is CC1=CC2(C)C(C3C(C)=CC2(C)C(=O)C3(O)CCl)C(O)(CCl)C1=O. The normalized spacial score (nSPS) is 50.5. The molecule has 4 nitrogen and oxygen atoms in total. The highest BCUT2D eigenvalue weighted by atomic mass is 35.5. The molecular formula is C18H22Cl2O4. The highest BCUT2D eigenvalue weighted by Gasteiger charge is 2.75. The molecule has 6 unspecified atom stereocenters. The van der Waals surface area contributed by atoms with Gasteiger partial charge in [0.1, 0.15) is 11.2 Å². The number of hydrogen-bond acceptors (Lipinski definition) is 4. The van der Waals surface area contributed by atoms with Gasteiger partial charge in [-0.2, -0.15) is 0 Å². The number of aliphatic hydroxyl groups is 2. The van der Waals surface area contributed by atoms with Crippen molar-refractivity contribution in [3.05, 3.63) is 23.3 Å². The number of Topliss-reactive ketones (excluding diaryl/α,β-unsaturated/α-hetero) is 2. The minimum absolute atomic E-state index is 0.293. The molecule has 0 amide bonds. The first kappa shape index (κ1) is 18.1. The van der Waals surface area contributed by atoms with Crippen LogP contribution in [-0.2, 0) is 9.59 Å². The average molecular weight is 373 g/mol. The molecule has 1 saturated carbocycles. The topological polar surface area (TPSA) is 74.6 Å². The van der Waals surface area contributed by atoms with E-state index in [-0.39, 0.29) is 17.5 Å². The van der Waals surface area contributed by atoms with Crippen molar-refractivity contribution in [1.82, 2.24) is 0 Å². The molecule has 0 aromatic rings. The third kappa shape index (κ3) is 1.68. The molecule has 4 aliphatic carbocycles. The molecule has 0 aromatic heterocycles. The molecule has 0 spiro atoms. The first-order valence-electron chi connectivity index (χ1n) is 7.99. The highest BCUT2D eigenvalue weighted by Crippen LogP contribution is 2.68. The second-order valence-electron chi connectivity index (χ2n) is 7.93. The fraction of sp³-hybridized carbons (Fsp3) is 0.667. The van der Waals surface area contributed by atoms with Gasteiger partial charge in [-0.05, 0) is 26.3 Å². The Labute approximate surface area is 151 Å². The van der Waals surface area contributed by atoms with Gasteiger partial charge in [-0.3, -0.25) is 9.59 Å². The molecule has 4 rings (SSSR count). The lowest BCUT2D eigenvalue weighted by Crippen LogP contribution is -2.76. The van der Waals surface area contributed by atoms with Gasteiger partial charge in [0.2, 0.25) is 0 Å². The Morgan fingerprint density at radius 2 is 1.58 bits per heavy atom. The Balaban J connectivity index is 2.41. The van der Waals surface area contributed by atoms with Gasteiger partial charge in [-0.25, -0.2) is 0 Å². The van der Waals surface area contributed by atoms with Crippen molar-refractivity contribution in [2.45, 2.75) is 38.9 Å². The number of halogens is 2. The van der Waals surface area contributed by atoms with Gasteiger partial charge < -0.3 is 10.2 Å². The van der Waals surface area contributed by atoms with Crippen molar-refractivity contribution in [1.29, 1.82) is 0 Å². The van der Waals surface area contributed by atoms with E-state index in [4.69, 9.17) is 23.2 Å². The maximum Gasteiger partial charge on any atom is 0.191 e. The molecule has 2 bridgehead atoms. The Bertz CT molecular complexity index is 714. The molecule has 0 heterocycles. The van der Waals surface area contributed by atoms with Crippen LogP contribution in [0.5, 0.6) is 0 Å². The number of carbonyl (C=O) groups excluding carboxylic acids is 2. The summed E-state index contributed by atoms with van der Waals surface area (Å²) in [5.41, 5.74) is -4.45. The van der Waals surface area contributed by atoms with Gasteiger partial charge in [0.15, 0.2) is 11.6 Å². The van der Waals surface area contributed by atoms with E-state index in [0.717, 1.165) is 5.57 Å². The summed E-state index contributed by atoms with van der Waals surface area (Å²) in [5.74, 6) is -2.90. The van der Waals surface area contributed by atoms with Crippen molar-refractivity contribution < 1.29 is 19.8 Å². The number of carbonyl (C=O) groups is 2. The molecule has 132 valence electrons. The van der Waals surface area contributed by atoms with E-state index in [1.165, 1.54) is 0 Å². The molecule has 6 heteroatoms.